The minimum atomic E-state index is 0.378. The van der Waals surface area contributed by atoms with Gasteiger partial charge in [0, 0.05) is 41.1 Å². The van der Waals surface area contributed by atoms with Crippen LogP contribution in [-0.2, 0) is 0 Å². The Morgan fingerprint density at radius 1 is 1.17 bits per heavy atom. The molecular formula is C20H25N3. The third-order valence-electron chi connectivity index (χ3n) is 6.52. The standard InChI is InChI=1S/C20H25N3/c1-13-10-21-12-18(13)19-17(2-3-22-19)11-23-20-7-14-4-15(8-20)6-16(5-14)9-20/h2-3,10-12,14-16,22-23H,4-9H2,1H3. The third kappa shape index (κ3) is 2.20. The zero-order valence-electron chi connectivity index (χ0n) is 13.8. The summed E-state index contributed by atoms with van der Waals surface area (Å²) in [5.41, 5.74) is 2.83. The first-order valence-electron chi connectivity index (χ1n) is 9.07. The van der Waals surface area contributed by atoms with Crippen LogP contribution in [-0.4, -0.2) is 16.7 Å². The van der Waals surface area contributed by atoms with Crippen LogP contribution in [0.25, 0.3) is 11.8 Å². The van der Waals surface area contributed by atoms with E-state index < -0.39 is 0 Å². The molecule has 3 heteroatoms. The van der Waals surface area contributed by atoms with Crippen molar-refractivity contribution in [2.75, 3.05) is 0 Å². The van der Waals surface area contributed by atoms with Gasteiger partial charge < -0.3 is 10.3 Å². The summed E-state index contributed by atoms with van der Waals surface area (Å²) in [6.45, 7) is 2.12. The Kier molecular flexibility index (Phi) is 2.88. The first kappa shape index (κ1) is 13.6. The number of aromatic amines is 1. The van der Waals surface area contributed by atoms with Crippen molar-refractivity contribution >= 4 is 18.0 Å². The van der Waals surface area contributed by atoms with Crippen LogP contribution in [0, 0.1) is 17.8 Å². The van der Waals surface area contributed by atoms with E-state index in [0.717, 1.165) is 17.8 Å². The lowest BCUT2D eigenvalue weighted by Crippen LogP contribution is -2.57. The molecule has 1 aliphatic heterocycles. The highest BCUT2D eigenvalue weighted by atomic mass is 15.0. The predicted octanol–water partition coefficient (Wildman–Crippen LogP) is 2.45. The topological polar surface area (TPSA) is 40.2 Å². The second-order valence-corrected chi connectivity index (χ2v) is 8.30. The van der Waals surface area contributed by atoms with Gasteiger partial charge in [0.2, 0.25) is 0 Å². The molecule has 0 saturated heterocycles. The van der Waals surface area contributed by atoms with E-state index >= 15 is 0 Å². The van der Waals surface area contributed by atoms with Crippen molar-refractivity contribution in [1.82, 2.24) is 10.3 Å². The molecule has 2 heterocycles. The first-order chi connectivity index (χ1) is 11.2. The number of aromatic nitrogens is 1. The van der Waals surface area contributed by atoms with Gasteiger partial charge >= 0.3 is 0 Å². The fraction of sp³-hybridized carbons (Fsp3) is 0.550. The van der Waals surface area contributed by atoms with Crippen molar-refractivity contribution in [3.05, 3.63) is 34.6 Å². The fourth-order valence-corrected chi connectivity index (χ4v) is 5.91. The largest absolute Gasteiger partial charge is 0.385 e. The molecule has 23 heavy (non-hydrogen) atoms. The lowest BCUT2D eigenvalue weighted by Gasteiger charge is -2.56. The number of nitrogens with zero attached hydrogens (tertiary/aromatic N) is 1. The van der Waals surface area contributed by atoms with Crippen LogP contribution in [0.5, 0.6) is 0 Å². The maximum absolute atomic E-state index is 4.28. The van der Waals surface area contributed by atoms with Crippen LogP contribution < -0.4 is 15.9 Å². The SMILES string of the molecule is CC1=CN=CC1=c1[nH]ccc1=CNC12CC3CC(CC(C3)C1)C2. The van der Waals surface area contributed by atoms with Gasteiger partial charge in [0.1, 0.15) is 0 Å². The second kappa shape index (κ2) is 4.86. The van der Waals surface area contributed by atoms with Gasteiger partial charge in [-0.05, 0) is 74.8 Å². The van der Waals surface area contributed by atoms with E-state index in [0.29, 0.717) is 5.54 Å². The van der Waals surface area contributed by atoms with Crippen molar-refractivity contribution in [2.45, 2.75) is 51.0 Å². The molecule has 6 rings (SSSR count). The first-order valence-corrected chi connectivity index (χ1v) is 9.07. The summed E-state index contributed by atoms with van der Waals surface area (Å²) in [6.07, 6.45) is 16.8. The molecule has 4 fully saturated rings. The molecule has 4 saturated carbocycles. The molecule has 0 spiro atoms. The summed E-state index contributed by atoms with van der Waals surface area (Å²) >= 11 is 0. The number of H-pyrrole nitrogens is 1. The van der Waals surface area contributed by atoms with E-state index in [2.05, 4.69) is 34.5 Å². The van der Waals surface area contributed by atoms with Crippen molar-refractivity contribution in [3.63, 3.8) is 0 Å². The van der Waals surface area contributed by atoms with Crippen LogP contribution in [0.4, 0.5) is 0 Å². The van der Waals surface area contributed by atoms with Crippen LogP contribution in [0.2, 0.25) is 0 Å². The lowest BCUT2D eigenvalue weighted by molar-refractivity contribution is -0.0107. The summed E-state index contributed by atoms with van der Waals surface area (Å²) < 4.78 is 0. The quantitative estimate of drug-likeness (QED) is 0.866. The Labute approximate surface area is 137 Å². The molecule has 0 atom stereocenters. The summed E-state index contributed by atoms with van der Waals surface area (Å²) in [5.74, 6) is 2.94. The summed E-state index contributed by atoms with van der Waals surface area (Å²) in [7, 11) is 0. The highest BCUT2D eigenvalue weighted by Crippen LogP contribution is 2.55. The molecule has 1 aromatic rings. The number of hydrogen-bond donors (Lipinski definition) is 2. The van der Waals surface area contributed by atoms with Crippen LogP contribution in [0.1, 0.15) is 45.4 Å². The minimum absolute atomic E-state index is 0.378. The molecule has 0 amide bonds. The highest BCUT2D eigenvalue weighted by molar-refractivity contribution is 6.11. The minimum Gasteiger partial charge on any atom is -0.385 e. The molecule has 5 aliphatic rings. The fourth-order valence-electron chi connectivity index (χ4n) is 5.91. The monoisotopic (exact) mass is 307 g/mol. The lowest BCUT2D eigenvalue weighted by atomic mass is 9.53. The zero-order chi connectivity index (χ0) is 15.4. The van der Waals surface area contributed by atoms with Gasteiger partial charge in [-0.2, -0.15) is 0 Å². The van der Waals surface area contributed by atoms with E-state index in [9.17, 15) is 0 Å². The van der Waals surface area contributed by atoms with E-state index in [1.54, 1.807) is 0 Å². The average molecular weight is 307 g/mol. The van der Waals surface area contributed by atoms with E-state index in [-0.39, 0.29) is 0 Å². The van der Waals surface area contributed by atoms with Crippen molar-refractivity contribution < 1.29 is 0 Å². The van der Waals surface area contributed by atoms with Gasteiger partial charge in [-0.25, -0.2) is 0 Å². The molecular weight excluding hydrogens is 282 g/mol. The smallest absolute Gasteiger partial charge is 0.0561 e. The molecule has 120 valence electrons. The highest BCUT2D eigenvalue weighted by Gasteiger charge is 2.50. The number of rotatable bonds is 2. The van der Waals surface area contributed by atoms with Gasteiger partial charge in [-0.1, -0.05) is 0 Å². The maximum Gasteiger partial charge on any atom is 0.0561 e. The number of allylic oxidation sites excluding steroid dienone is 1. The van der Waals surface area contributed by atoms with Crippen molar-refractivity contribution in [3.8, 4) is 0 Å². The Morgan fingerprint density at radius 2 is 1.87 bits per heavy atom. The van der Waals surface area contributed by atoms with Gasteiger partial charge in [0.25, 0.3) is 0 Å². The normalized spacial score (nSPS) is 40.8. The predicted molar refractivity (Wildman–Crippen MR) is 94.2 cm³/mol. The Balaban J connectivity index is 1.50. The van der Waals surface area contributed by atoms with Crippen molar-refractivity contribution in [1.29, 1.82) is 0 Å². The molecule has 3 nitrogen and oxygen atoms in total. The van der Waals surface area contributed by atoms with Gasteiger partial charge in [-0.3, -0.25) is 4.99 Å². The number of aliphatic imine (C=N–C) groups is 1. The van der Waals surface area contributed by atoms with E-state index in [1.165, 1.54) is 60.2 Å². The third-order valence-corrected chi connectivity index (χ3v) is 6.52. The zero-order valence-corrected chi connectivity index (χ0v) is 13.8. The summed E-state index contributed by atoms with van der Waals surface area (Å²) in [6, 6.07) is 2.18. The molecule has 1 aromatic heterocycles. The van der Waals surface area contributed by atoms with Gasteiger partial charge in [0.15, 0.2) is 0 Å². The van der Waals surface area contributed by atoms with Crippen molar-refractivity contribution in [2.24, 2.45) is 22.7 Å². The molecule has 0 radical (unpaired) electrons. The Morgan fingerprint density at radius 3 is 2.48 bits per heavy atom. The molecule has 4 bridgehead atoms. The van der Waals surface area contributed by atoms with Crippen LogP contribution in [0.3, 0.4) is 0 Å². The molecule has 4 aliphatic carbocycles. The van der Waals surface area contributed by atoms with Crippen LogP contribution >= 0.6 is 0 Å². The molecule has 0 aromatic carbocycles. The second-order valence-electron chi connectivity index (χ2n) is 8.30. The number of nitrogens with one attached hydrogen (secondary N) is 2. The maximum atomic E-state index is 4.28. The average Bonchev–Trinajstić information content (AvgIpc) is 3.12. The van der Waals surface area contributed by atoms with E-state index in [1.807, 2.05) is 18.6 Å². The Hall–Kier alpha value is -1.77. The Bertz CT molecular complexity index is 773. The molecule has 0 unspecified atom stereocenters. The van der Waals surface area contributed by atoms with Gasteiger partial charge in [-0.15, -0.1) is 0 Å². The van der Waals surface area contributed by atoms with Gasteiger partial charge in [0.05, 0.1) is 5.35 Å². The van der Waals surface area contributed by atoms with Crippen LogP contribution in [0.15, 0.2) is 29.0 Å². The summed E-state index contributed by atoms with van der Waals surface area (Å²) in [4.78, 5) is 7.68. The number of hydrogen-bond acceptors (Lipinski definition) is 2. The molecule has 2 N–H and O–H groups in total. The van der Waals surface area contributed by atoms with E-state index in [4.69, 9.17) is 0 Å². The summed E-state index contributed by atoms with van der Waals surface area (Å²) in [5, 5.41) is 6.34.